The SMILES string of the molecule is COCOC[C@@H](C)C(=O)c1ccccc1. The summed E-state index contributed by atoms with van der Waals surface area (Å²) in [4.78, 5) is 11.8. The van der Waals surface area contributed by atoms with Gasteiger partial charge in [0.2, 0.25) is 0 Å². The quantitative estimate of drug-likeness (QED) is 0.408. The summed E-state index contributed by atoms with van der Waals surface area (Å²) in [6.07, 6.45) is 0. The maximum absolute atomic E-state index is 11.8. The van der Waals surface area contributed by atoms with Crippen molar-refractivity contribution in [2.75, 3.05) is 20.5 Å². The van der Waals surface area contributed by atoms with Crippen LogP contribution in [-0.2, 0) is 9.47 Å². The number of carbonyl (C=O) groups excluding carboxylic acids is 1. The Labute approximate surface area is 90.0 Å². The van der Waals surface area contributed by atoms with Crippen LogP contribution in [0.4, 0.5) is 0 Å². The fraction of sp³-hybridized carbons (Fsp3) is 0.417. The largest absolute Gasteiger partial charge is 0.359 e. The minimum Gasteiger partial charge on any atom is -0.359 e. The number of carbonyl (C=O) groups is 1. The summed E-state index contributed by atoms with van der Waals surface area (Å²) in [6.45, 7) is 2.47. The first-order valence-electron chi connectivity index (χ1n) is 4.91. The molecule has 0 amide bonds. The molecule has 0 saturated heterocycles. The van der Waals surface area contributed by atoms with Gasteiger partial charge in [-0.3, -0.25) is 4.79 Å². The zero-order chi connectivity index (χ0) is 11.1. The van der Waals surface area contributed by atoms with Gasteiger partial charge in [0.1, 0.15) is 6.79 Å². The van der Waals surface area contributed by atoms with Crippen LogP contribution in [0, 0.1) is 5.92 Å². The van der Waals surface area contributed by atoms with Gasteiger partial charge in [-0.1, -0.05) is 37.3 Å². The lowest BCUT2D eigenvalue weighted by Crippen LogP contribution is -2.17. The molecule has 15 heavy (non-hydrogen) atoms. The van der Waals surface area contributed by atoms with E-state index in [0.29, 0.717) is 6.61 Å². The first-order valence-corrected chi connectivity index (χ1v) is 4.91. The minimum absolute atomic E-state index is 0.103. The van der Waals surface area contributed by atoms with Crippen LogP contribution in [0.15, 0.2) is 30.3 Å². The molecule has 1 atom stereocenters. The molecule has 0 bridgehead atoms. The van der Waals surface area contributed by atoms with Crippen LogP contribution in [0.3, 0.4) is 0 Å². The molecule has 0 saturated carbocycles. The topological polar surface area (TPSA) is 35.5 Å². The van der Waals surface area contributed by atoms with Crippen LogP contribution in [0.2, 0.25) is 0 Å². The van der Waals surface area contributed by atoms with Crippen molar-refractivity contribution in [2.24, 2.45) is 5.92 Å². The third kappa shape index (κ3) is 3.81. The van der Waals surface area contributed by atoms with Gasteiger partial charge in [-0.15, -0.1) is 0 Å². The normalized spacial score (nSPS) is 12.4. The number of ether oxygens (including phenoxy) is 2. The van der Waals surface area contributed by atoms with Gasteiger partial charge in [0.15, 0.2) is 5.78 Å². The molecule has 3 heteroatoms. The second-order valence-corrected chi connectivity index (χ2v) is 3.41. The Balaban J connectivity index is 2.46. The van der Waals surface area contributed by atoms with Crippen LogP contribution >= 0.6 is 0 Å². The Morgan fingerprint density at radius 1 is 1.33 bits per heavy atom. The van der Waals surface area contributed by atoms with Gasteiger partial charge in [0, 0.05) is 18.6 Å². The van der Waals surface area contributed by atoms with Crippen LogP contribution in [0.1, 0.15) is 17.3 Å². The molecule has 1 aromatic carbocycles. The molecule has 3 nitrogen and oxygen atoms in total. The Bertz CT molecular complexity index is 295. The van der Waals surface area contributed by atoms with E-state index in [9.17, 15) is 4.79 Å². The van der Waals surface area contributed by atoms with Crippen molar-refractivity contribution in [3.8, 4) is 0 Å². The molecule has 0 radical (unpaired) electrons. The van der Waals surface area contributed by atoms with E-state index in [-0.39, 0.29) is 18.5 Å². The highest BCUT2D eigenvalue weighted by molar-refractivity contribution is 5.97. The van der Waals surface area contributed by atoms with Gasteiger partial charge in [-0.25, -0.2) is 0 Å². The molecule has 0 heterocycles. The number of rotatable bonds is 6. The Hall–Kier alpha value is -1.19. The maximum Gasteiger partial charge on any atom is 0.167 e. The summed E-state index contributed by atoms with van der Waals surface area (Å²) < 4.78 is 9.89. The molecular weight excluding hydrogens is 192 g/mol. The molecule has 1 rings (SSSR count). The molecule has 0 aromatic heterocycles. The van der Waals surface area contributed by atoms with E-state index in [0.717, 1.165) is 5.56 Å². The van der Waals surface area contributed by atoms with Gasteiger partial charge in [-0.05, 0) is 0 Å². The highest BCUT2D eigenvalue weighted by atomic mass is 16.7. The van der Waals surface area contributed by atoms with E-state index < -0.39 is 0 Å². The average molecular weight is 208 g/mol. The highest BCUT2D eigenvalue weighted by Gasteiger charge is 2.14. The predicted octanol–water partition coefficient (Wildman–Crippen LogP) is 2.13. The van der Waals surface area contributed by atoms with E-state index in [2.05, 4.69) is 0 Å². The molecular formula is C12H16O3. The van der Waals surface area contributed by atoms with Crippen molar-refractivity contribution in [2.45, 2.75) is 6.92 Å². The van der Waals surface area contributed by atoms with Crippen molar-refractivity contribution in [1.82, 2.24) is 0 Å². The zero-order valence-electron chi connectivity index (χ0n) is 9.10. The predicted molar refractivity (Wildman–Crippen MR) is 57.8 cm³/mol. The Morgan fingerprint density at radius 2 is 2.00 bits per heavy atom. The van der Waals surface area contributed by atoms with Crippen molar-refractivity contribution < 1.29 is 14.3 Å². The number of ketones is 1. The van der Waals surface area contributed by atoms with E-state index in [4.69, 9.17) is 9.47 Å². The lowest BCUT2D eigenvalue weighted by Gasteiger charge is -2.10. The lowest BCUT2D eigenvalue weighted by molar-refractivity contribution is -0.0385. The van der Waals surface area contributed by atoms with Crippen LogP contribution in [0.5, 0.6) is 0 Å². The first-order chi connectivity index (χ1) is 7.25. The first kappa shape index (κ1) is 11.9. The van der Waals surface area contributed by atoms with Crippen LogP contribution < -0.4 is 0 Å². The summed E-state index contributed by atoms with van der Waals surface area (Å²) in [5.74, 6) is -0.0331. The molecule has 0 fully saturated rings. The average Bonchev–Trinajstić information content (AvgIpc) is 2.29. The number of hydrogen-bond donors (Lipinski definition) is 0. The van der Waals surface area contributed by atoms with E-state index in [1.54, 1.807) is 7.11 Å². The lowest BCUT2D eigenvalue weighted by atomic mass is 10.0. The maximum atomic E-state index is 11.8. The number of benzene rings is 1. The molecule has 1 aromatic rings. The number of hydrogen-bond acceptors (Lipinski definition) is 3. The van der Waals surface area contributed by atoms with Crippen molar-refractivity contribution in [3.05, 3.63) is 35.9 Å². The Kier molecular flexibility index (Phi) is 5.01. The molecule has 0 spiro atoms. The molecule has 0 aliphatic carbocycles. The summed E-state index contributed by atoms with van der Waals surface area (Å²) in [5.41, 5.74) is 0.728. The molecule has 0 N–H and O–H groups in total. The summed E-state index contributed by atoms with van der Waals surface area (Å²) >= 11 is 0. The number of Topliss-reactive ketones (excluding diaryl/α,β-unsaturated/α-hetero) is 1. The van der Waals surface area contributed by atoms with Gasteiger partial charge < -0.3 is 9.47 Å². The summed E-state index contributed by atoms with van der Waals surface area (Å²) in [7, 11) is 1.56. The fourth-order valence-corrected chi connectivity index (χ4v) is 1.27. The van der Waals surface area contributed by atoms with Crippen LogP contribution in [0.25, 0.3) is 0 Å². The summed E-state index contributed by atoms with van der Waals surface area (Å²) in [6, 6.07) is 9.24. The smallest absolute Gasteiger partial charge is 0.167 e. The molecule has 0 aliphatic rings. The zero-order valence-corrected chi connectivity index (χ0v) is 9.10. The third-order valence-electron chi connectivity index (χ3n) is 2.07. The van der Waals surface area contributed by atoms with E-state index in [1.165, 1.54) is 0 Å². The second-order valence-electron chi connectivity index (χ2n) is 3.41. The van der Waals surface area contributed by atoms with Gasteiger partial charge in [0.25, 0.3) is 0 Å². The number of methoxy groups -OCH3 is 1. The van der Waals surface area contributed by atoms with Crippen LogP contribution in [-0.4, -0.2) is 26.3 Å². The monoisotopic (exact) mass is 208 g/mol. The Morgan fingerprint density at radius 3 is 2.60 bits per heavy atom. The highest BCUT2D eigenvalue weighted by Crippen LogP contribution is 2.08. The van der Waals surface area contributed by atoms with Gasteiger partial charge in [0.05, 0.1) is 6.61 Å². The van der Waals surface area contributed by atoms with Crippen molar-refractivity contribution in [3.63, 3.8) is 0 Å². The van der Waals surface area contributed by atoms with E-state index >= 15 is 0 Å². The fourth-order valence-electron chi connectivity index (χ4n) is 1.27. The molecule has 0 unspecified atom stereocenters. The standard InChI is InChI=1S/C12H16O3/c1-10(8-15-9-14-2)12(13)11-6-4-3-5-7-11/h3-7,10H,8-9H2,1-2H3/t10-/m1/s1. The third-order valence-corrected chi connectivity index (χ3v) is 2.07. The van der Waals surface area contributed by atoms with Gasteiger partial charge >= 0.3 is 0 Å². The van der Waals surface area contributed by atoms with Crippen molar-refractivity contribution in [1.29, 1.82) is 0 Å². The van der Waals surface area contributed by atoms with Crippen molar-refractivity contribution >= 4 is 5.78 Å². The molecule has 0 aliphatic heterocycles. The second kappa shape index (κ2) is 6.32. The minimum atomic E-state index is -0.137. The summed E-state index contributed by atoms with van der Waals surface area (Å²) in [5, 5.41) is 0. The van der Waals surface area contributed by atoms with E-state index in [1.807, 2.05) is 37.3 Å². The van der Waals surface area contributed by atoms with Gasteiger partial charge in [-0.2, -0.15) is 0 Å². The molecule has 82 valence electrons.